The standard InChI is InChI=1S/C14H19N3OS/c1-8-5-6-11(14(18-4)9(8)2)13(17-15)12-7-16-10(3)19-12/h5-7,13,17H,15H2,1-4H3. The summed E-state index contributed by atoms with van der Waals surface area (Å²) in [4.78, 5) is 5.37. The van der Waals surface area contributed by atoms with Crippen LogP contribution in [0.25, 0.3) is 0 Å². The minimum Gasteiger partial charge on any atom is -0.496 e. The number of nitrogens with two attached hydrogens (primary N) is 1. The minimum absolute atomic E-state index is 0.0968. The largest absolute Gasteiger partial charge is 0.496 e. The molecule has 5 heteroatoms. The van der Waals surface area contributed by atoms with Gasteiger partial charge in [-0.1, -0.05) is 12.1 Å². The summed E-state index contributed by atoms with van der Waals surface area (Å²) in [6.45, 7) is 6.12. The molecule has 0 bridgehead atoms. The van der Waals surface area contributed by atoms with E-state index in [-0.39, 0.29) is 6.04 Å². The Morgan fingerprint density at radius 3 is 2.58 bits per heavy atom. The Morgan fingerprint density at radius 2 is 2.05 bits per heavy atom. The van der Waals surface area contributed by atoms with Crippen LogP contribution in [0.4, 0.5) is 0 Å². The van der Waals surface area contributed by atoms with Crippen molar-refractivity contribution in [3.63, 3.8) is 0 Å². The molecule has 0 aliphatic carbocycles. The maximum atomic E-state index is 5.73. The number of aryl methyl sites for hydroxylation is 2. The van der Waals surface area contributed by atoms with Crippen molar-refractivity contribution in [1.82, 2.24) is 10.4 Å². The lowest BCUT2D eigenvalue weighted by Gasteiger charge is -2.20. The summed E-state index contributed by atoms with van der Waals surface area (Å²) in [6.07, 6.45) is 1.86. The van der Waals surface area contributed by atoms with Crippen LogP contribution in [-0.4, -0.2) is 12.1 Å². The summed E-state index contributed by atoms with van der Waals surface area (Å²) in [7, 11) is 1.69. The summed E-state index contributed by atoms with van der Waals surface area (Å²) in [5, 5.41) is 1.03. The average Bonchev–Trinajstić information content (AvgIpc) is 2.81. The predicted octanol–water partition coefficient (Wildman–Crippen LogP) is 2.63. The van der Waals surface area contributed by atoms with Crippen LogP contribution in [0.1, 0.15) is 32.6 Å². The Bertz CT molecular complexity index is 580. The highest BCUT2D eigenvalue weighted by atomic mass is 32.1. The summed E-state index contributed by atoms with van der Waals surface area (Å²) in [5.41, 5.74) is 6.24. The van der Waals surface area contributed by atoms with Gasteiger partial charge in [0.1, 0.15) is 5.75 Å². The van der Waals surface area contributed by atoms with Crippen LogP contribution in [0.15, 0.2) is 18.3 Å². The van der Waals surface area contributed by atoms with Gasteiger partial charge in [0.05, 0.1) is 18.2 Å². The second kappa shape index (κ2) is 5.69. The molecule has 0 aliphatic rings. The fourth-order valence-electron chi connectivity index (χ4n) is 2.15. The molecular weight excluding hydrogens is 258 g/mol. The molecule has 0 aliphatic heterocycles. The lowest BCUT2D eigenvalue weighted by atomic mass is 9.99. The average molecular weight is 277 g/mol. The third-order valence-electron chi connectivity index (χ3n) is 3.31. The number of hydrogen-bond donors (Lipinski definition) is 2. The normalized spacial score (nSPS) is 12.5. The van der Waals surface area contributed by atoms with Gasteiger partial charge in [-0.3, -0.25) is 5.84 Å². The van der Waals surface area contributed by atoms with E-state index in [2.05, 4.69) is 36.4 Å². The number of nitrogens with one attached hydrogen (secondary N) is 1. The topological polar surface area (TPSA) is 60.2 Å². The molecule has 1 heterocycles. The van der Waals surface area contributed by atoms with E-state index < -0.39 is 0 Å². The number of thiazole rings is 1. The minimum atomic E-state index is -0.0968. The van der Waals surface area contributed by atoms with E-state index in [1.165, 1.54) is 5.56 Å². The van der Waals surface area contributed by atoms with Gasteiger partial charge in [-0.15, -0.1) is 11.3 Å². The number of benzene rings is 1. The molecule has 1 aromatic heterocycles. The number of methoxy groups -OCH3 is 1. The zero-order valence-corrected chi connectivity index (χ0v) is 12.5. The third-order valence-corrected chi connectivity index (χ3v) is 4.29. The maximum absolute atomic E-state index is 5.73. The molecule has 19 heavy (non-hydrogen) atoms. The molecule has 0 amide bonds. The Balaban J connectivity index is 2.52. The van der Waals surface area contributed by atoms with Crippen LogP contribution in [0.2, 0.25) is 0 Å². The van der Waals surface area contributed by atoms with Crippen molar-refractivity contribution in [1.29, 1.82) is 0 Å². The number of hydrazine groups is 1. The number of ether oxygens (including phenoxy) is 1. The highest BCUT2D eigenvalue weighted by molar-refractivity contribution is 7.11. The smallest absolute Gasteiger partial charge is 0.127 e. The predicted molar refractivity (Wildman–Crippen MR) is 78.5 cm³/mol. The van der Waals surface area contributed by atoms with Crippen molar-refractivity contribution in [2.45, 2.75) is 26.8 Å². The van der Waals surface area contributed by atoms with Gasteiger partial charge in [-0.05, 0) is 31.9 Å². The van der Waals surface area contributed by atoms with Crippen LogP contribution in [0.3, 0.4) is 0 Å². The quantitative estimate of drug-likeness (QED) is 0.666. The van der Waals surface area contributed by atoms with Gasteiger partial charge >= 0.3 is 0 Å². The van der Waals surface area contributed by atoms with Gasteiger partial charge in [0.2, 0.25) is 0 Å². The van der Waals surface area contributed by atoms with Crippen LogP contribution < -0.4 is 16.0 Å². The third kappa shape index (κ3) is 2.63. The summed E-state index contributed by atoms with van der Waals surface area (Å²) in [5.74, 6) is 6.61. The molecule has 1 unspecified atom stereocenters. The maximum Gasteiger partial charge on any atom is 0.127 e. The van der Waals surface area contributed by atoms with Gasteiger partial charge in [0.25, 0.3) is 0 Å². The molecule has 0 spiro atoms. The second-order valence-corrected chi connectivity index (χ2v) is 5.78. The Kier molecular flexibility index (Phi) is 4.19. The van der Waals surface area contributed by atoms with E-state index in [1.807, 2.05) is 13.1 Å². The van der Waals surface area contributed by atoms with E-state index in [4.69, 9.17) is 10.6 Å². The van der Waals surface area contributed by atoms with E-state index in [9.17, 15) is 0 Å². The Morgan fingerprint density at radius 1 is 1.32 bits per heavy atom. The van der Waals surface area contributed by atoms with Gasteiger partial charge in [-0.2, -0.15) is 0 Å². The molecule has 4 nitrogen and oxygen atoms in total. The highest BCUT2D eigenvalue weighted by Crippen LogP contribution is 2.35. The first-order valence-electron chi connectivity index (χ1n) is 6.11. The van der Waals surface area contributed by atoms with E-state index in [1.54, 1.807) is 18.4 Å². The monoisotopic (exact) mass is 277 g/mol. The molecule has 3 N–H and O–H groups in total. The second-order valence-electron chi connectivity index (χ2n) is 4.51. The van der Waals surface area contributed by atoms with E-state index >= 15 is 0 Å². The van der Waals surface area contributed by atoms with Gasteiger partial charge in [0.15, 0.2) is 0 Å². The van der Waals surface area contributed by atoms with Gasteiger partial charge in [-0.25, -0.2) is 10.4 Å². The van der Waals surface area contributed by atoms with Crippen molar-refractivity contribution < 1.29 is 4.74 Å². The van der Waals surface area contributed by atoms with Gasteiger partial charge < -0.3 is 4.74 Å². The zero-order valence-electron chi connectivity index (χ0n) is 11.7. The van der Waals surface area contributed by atoms with E-state index in [0.29, 0.717) is 0 Å². The van der Waals surface area contributed by atoms with Crippen LogP contribution in [-0.2, 0) is 0 Å². The molecule has 1 atom stereocenters. The Labute approximate surface area is 117 Å². The molecule has 0 saturated carbocycles. The summed E-state index contributed by atoms with van der Waals surface area (Å²) < 4.78 is 5.56. The lowest BCUT2D eigenvalue weighted by molar-refractivity contribution is 0.401. The number of nitrogens with zero attached hydrogens (tertiary/aromatic N) is 1. The first kappa shape index (κ1) is 14.0. The summed E-state index contributed by atoms with van der Waals surface area (Å²) >= 11 is 1.64. The van der Waals surface area contributed by atoms with E-state index in [0.717, 1.165) is 26.8 Å². The van der Waals surface area contributed by atoms with Crippen molar-refractivity contribution in [3.8, 4) is 5.75 Å². The number of hydrogen-bond acceptors (Lipinski definition) is 5. The molecule has 0 radical (unpaired) electrons. The van der Waals surface area contributed by atoms with Crippen LogP contribution in [0.5, 0.6) is 5.75 Å². The SMILES string of the molecule is COc1c(C(NN)c2cnc(C)s2)ccc(C)c1C. The first-order chi connectivity index (χ1) is 9.08. The number of rotatable bonds is 4. The van der Waals surface area contributed by atoms with Crippen molar-refractivity contribution in [2.24, 2.45) is 5.84 Å². The molecule has 102 valence electrons. The fourth-order valence-corrected chi connectivity index (χ4v) is 3.01. The molecular formula is C14H19N3OS. The zero-order chi connectivity index (χ0) is 14.0. The molecule has 0 saturated heterocycles. The van der Waals surface area contributed by atoms with Crippen molar-refractivity contribution in [3.05, 3.63) is 44.9 Å². The molecule has 2 aromatic rings. The number of aromatic nitrogens is 1. The van der Waals surface area contributed by atoms with Crippen LogP contribution in [0, 0.1) is 20.8 Å². The van der Waals surface area contributed by atoms with Crippen molar-refractivity contribution >= 4 is 11.3 Å². The molecule has 1 aromatic carbocycles. The molecule has 0 fully saturated rings. The summed E-state index contributed by atoms with van der Waals surface area (Å²) in [6, 6.07) is 4.05. The van der Waals surface area contributed by atoms with Gasteiger partial charge in [0, 0.05) is 16.6 Å². The van der Waals surface area contributed by atoms with Crippen molar-refractivity contribution in [2.75, 3.05) is 7.11 Å². The van der Waals surface area contributed by atoms with Crippen LogP contribution >= 0.6 is 11.3 Å². The lowest BCUT2D eigenvalue weighted by Crippen LogP contribution is -2.28. The Hall–Kier alpha value is -1.43. The molecule has 2 rings (SSSR count). The first-order valence-corrected chi connectivity index (χ1v) is 6.92. The highest BCUT2D eigenvalue weighted by Gasteiger charge is 2.20. The fraction of sp³-hybridized carbons (Fsp3) is 0.357.